The predicted molar refractivity (Wildman–Crippen MR) is 141 cm³/mol. The van der Waals surface area contributed by atoms with Crippen LogP contribution in [0.5, 0.6) is 0 Å². The van der Waals surface area contributed by atoms with Crippen LogP contribution < -0.4 is 10.6 Å². The van der Waals surface area contributed by atoms with Crippen LogP contribution in [-0.2, 0) is 11.2 Å². The minimum absolute atomic E-state index is 0.0223. The van der Waals surface area contributed by atoms with E-state index in [-0.39, 0.29) is 40.1 Å². The summed E-state index contributed by atoms with van der Waals surface area (Å²) in [6, 6.07) is 10.4. The molecular weight excluding hydrogens is 490 g/mol. The average molecular weight is 517 g/mol. The Labute approximate surface area is 217 Å². The number of aryl methyl sites for hydroxylation is 1. The number of pyridine rings is 2. The molecule has 4 heterocycles. The Balaban J connectivity index is 1.77. The van der Waals surface area contributed by atoms with Crippen LogP contribution in [0.25, 0.3) is 28.1 Å². The molecule has 0 bridgehead atoms. The van der Waals surface area contributed by atoms with E-state index in [4.69, 9.17) is 0 Å². The van der Waals surface area contributed by atoms with Crippen LogP contribution in [0, 0.1) is 11.6 Å². The molecule has 194 valence electrons. The van der Waals surface area contributed by atoms with E-state index in [9.17, 15) is 14.0 Å². The van der Waals surface area contributed by atoms with Gasteiger partial charge in [-0.3, -0.25) is 4.79 Å². The van der Waals surface area contributed by atoms with Gasteiger partial charge in [-0.25, -0.2) is 28.1 Å². The van der Waals surface area contributed by atoms with Gasteiger partial charge in [0.2, 0.25) is 5.91 Å². The van der Waals surface area contributed by atoms with Crippen molar-refractivity contribution < 1.29 is 13.6 Å². The predicted octanol–water partition coefficient (Wildman–Crippen LogP) is 3.91. The summed E-state index contributed by atoms with van der Waals surface area (Å²) < 4.78 is 31.5. The zero-order valence-electron chi connectivity index (χ0n) is 21.1. The number of amides is 1. The van der Waals surface area contributed by atoms with Crippen molar-refractivity contribution in [2.24, 2.45) is 0 Å². The smallest absolute Gasteiger partial charge is 0.350 e. The lowest BCUT2D eigenvalue weighted by atomic mass is 10.1. The quantitative estimate of drug-likeness (QED) is 0.374. The molecule has 1 atom stereocenters. The largest absolute Gasteiger partial charge is 0.357 e. The van der Waals surface area contributed by atoms with E-state index in [2.05, 4.69) is 21.5 Å². The first-order valence-electron chi connectivity index (χ1n) is 12.3. The minimum atomic E-state index is -0.749. The number of nitrogens with zero attached hydrogens (tertiary/aromatic N) is 6. The number of rotatable bonds is 5. The van der Waals surface area contributed by atoms with Crippen LogP contribution in [-0.4, -0.2) is 56.0 Å². The van der Waals surface area contributed by atoms with Crippen molar-refractivity contribution in [2.45, 2.75) is 26.3 Å². The Bertz CT molecular complexity index is 1620. The summed E-state index contributed by atoms with van der Waals surface area (Å²) in [6.07, 6.45) is 3.40. The molecule has 1 aliphatic rings. The molecule has 38 heavy (non-hydrogen) atoms. The Morgan fingerprint density at radius 1 is 1.11 bits per heavy atom. The molecule has 0 N–H and O–H groups in total. The summed E-state index contributed by atoms with van der Waals surface area (Å²) in [7, 11) is 0. The van der Waals surface area contributed by atoms with E-state index >= 15 is 4.39 Å². The van der Waals surface area contributed by atoms with E-state index < -0.39 is 17.3 Å². The van der Waals surface area contributed by atoms with Gasteiger partial charge in [0.1, 0.15) is 29.0 Å². The standard InChI is InChI=1S/C28H26F2N6O2/c1-4-18-9-8-12-31-25(18)36-27-20(15-22(30)24(32-27)19-10-6-7-11-21(19)29)26(33-28(36)38)35-14-13-34(16-17(35)3)23(37)5-2/h5-12,15,17H,2,4,13-14,16H2,1,3H3/t17-/m0/s1. The molecule has 1 aliphatic heterocycles. The number of piperazine rings is 1. The van der Waals surface area contributed by atoms with Gasteiger partial charge >= 0.3 is 5.69 Å². The summed E-state index contributed by atoms with van der Waals surface area (Å²) in [5.74, 6) is -0.989. The lowest BCUT2D eigenvalue weighted by Crippen LogP contribution is -2.54. The Morgan fingerprint density at radius 3 is 2.61 bits per heavy atom. The lowest BCUT2D eigenvalue weighted by Gasteiger charge is -2.40. The number of benzene rings is 1. The fourth-order valence-corrected chi connectivity index (χ4v) is 4.87. The maximum absolute atomic E-state index is 15.6. The second-order valence-electron chi connectivity index (χ2n) is 9.09. The topological polar surface area (TPSA) is 84.2 Å². The highest BCUT2D eigenvalue weighted by atomic mass is 19.1. The Kier molecular flexibility index (Phi) is 6.71. The van der Waals surface area contributed by atoms with Crippen LogP contribution in [0.3, 0.4) is 0 Å². The monoisotopic (exact) mass is 516 g/mol. The maximum atomic E-state index is 15.6. The molecule has 5 rings (SSSR count). The summed E-state index contributed by atoms with van der Waals surface area (Å²) in [4.78, 5) is 42.6. The van der Waals surface area contributed by atoms with Crippen molar-refractivity contribution >= 4 is 22.8 Å². The highest BCUT2D eigenvalue weighted by Gasteiger charge is 2.30. The third-order valence-electron chi connectivity index (χ3n) is 6.78. The molecule has 3 aromatic heterocycles. The first kappa shape index (κ1) is 25.2. The number of carbonyl (C=O) groups excluding carboxylic acids is 1. The summed E-state index contributed by atoms with van der Waals surface area (Å²) in [6.45, 7) is 8.50. The van der Waals surface area contributed by atoms with E-state index in [1.807, 2.05) is 24.8 Å². The molecule has 0 aliphatic carbocycles. The molecule has 4 aromatic rings. The number of aromatic nitrogens is 4. The maximum Gasteiger partial charge on any atom is 0.357 e. The highest BCUT2D eigenvalue weighted by Crippen LogP contribution is 2.32. The second-order valence-corrected chi connectivity index (χ2v) is 9.09. The Morgan fingerprint density at radius 2 is 1.89 bits per heavy atom. The van der Waals surface area contributed by atoms with Gasteiger partial charge < -0.3 is 9.80 Å². The van der Waals surface area contributed by atoms with Crippen LogP contribution in [0.1, 0.15) is 19.4 Å². The van der Waals surface area contributed by atoms with Crippen molar-refractivity contribution in [3.8, 4) is 17.1 Å². The Hall–Kier alpha value is -4.47. The molecular formula is C28H26F2N6O2. The van der Waals surface area contributed by atoms with Gasteiger partial charge in [0, 0.05) is 37.4 Å². The van der Waals surface area contributed by atoms with E-state index in [1.165, 1.54) is 34.9 Å². The molecule has 1 amide bonds. The second kappa shape index (κ2) is 10.1. The van der Waals surface area contributed by atoms with Gasteiger partial charge in [0.25, 0.3) is 0 Å². The van der Waals surface area contributed by atoms with Gasteiger partial charge in [-0.1, -0.05) is 31.7 Å². The lowest BCUT2D eigenvalue weighted by molar-refractivity contribution is -0.126. The normalized spacial score (nSPS) is 15.6. The number of carbonyl (C=O) groups is 1. The fourth-order valence-electron chi connectivity index (χ4n) is 4.87. The van der Waals surface area contributed by atoms with Gasteiger partial charge in [-0.15, -0.1) is 0 Å². The molecule has 0 saturated carbocycles. The number of hydrogen-bond acceptors (Lipinski definition) is 6. The SMILES string of the molecule is C=CC(=O)N1CCN(c2nc(=O)n(-c3ncccc3CC)c3nc(-c4ccccc4F)c(F)cc23)[C@@H](C)C1. The molecule has 1 saturated heterocycles. The van der Waals surface area contributed by atoms with Crippen molar-refractivity contribution in [1.29, 1.82) is 0 Å². The average Bonchev–Trinajstić information content (AvgIpc) is 2.92. The summed E-state index contributed by atoms with van der Waals surface area (Å²) >= 11 is 0. The summed E-state index contributed by atoms with van der Waals surface area (Å²) in [5.41, 5.74) is 0.00493. The van der Waals surface area contributed by atoms with Gasteiger partial charge in [0.15, 0.2) is 5.65 Å². The van der Waals surface area contributed by atoms with Gasteiger partial charge in [-0.05, 0) is 49.2 Å². The van der Waals surface area contributed by atoms with Crippen LogP contribution in [0.2, 0.25) is 0 Å². The van der Waals surface area contributed by atoms with Crippen molar-refractivity contribution in [1.82, 2.24) is 24.4 Å². The van der Waals surface area contributed by atoms with Crippen molar-refractivity contribution in [3.05, 3.63) is 89.0 Å². The molecule has 1 fully saturated rings. The van der Waals surface area contributed by atoms with Crippen LogP contribution >= 0.6 is 0 Å². The molecule has 1 aromatic carbocycles. The number of hydrogen-bond donors (Lipinski definition) is 0. The number of anilines is 1. The van der Waals surface area contributed by atoms with E-state index in [1.54, 1.807) is 23.2 Å². The fraction of sp³-hybridized carbons (Fsp3) is 0.250. The van der Waals surface area contributed by atoms with Crippen molar-refractivity contribution in [2.75, 3.05) is 24.5 Å². The van der Waals surface area contributed by atoms with E-state index in [0.29, 0.717) is 31.9 Å². The van der Waals surface area contributed by atoms with Crippen molar-refractivity contribution in [3.63, 3.8) is 0 Å². The minimum Gasteiger partial charge on any atom is -0.350 e. The number of fused-ring (bicyclic) bond motifs is 1. The molecule has 0 spiro atoms. The van der Waals surface area contributed by atoms with Gasteiger partial charge in [-0.2, -0.15) is 4.98 Å². The third kappa shape index (κ3) is 4.31. The van der Waals surface area contributed by atoms with Gasteiger partial charge in [0.05, 0.1) is 5.39 Å². The molecule has 8 nitrogen and oxygen atoms in total. The van der Waals surface area contributed by atoms with Crippen LogP contribution in [0.15, 0.2) is 66.1 Å². The first-order chi connectivity index (χ1) is 18.3. The zero-order valence-corrected chi connectivity index (χ0v) is 21.1. The molecule has 0 radical (unpaired) electrons. The highest BCUT2D eigenvalue weighted by molar-refractivity contribution is 5.91. The third-order valence-corrected chi connectivity index (χ3v) is 6.78. The van der Waals surface area contributed by atoms with Crippen LogP contribution in [0.4, 0.5) is 14.6 Å². The zero-order chi connectivity index (χ0) is 27.0. The summed E-state index contributed by atoms with van der Waals surface area (Å²) in [5, 5.41) is 0.283. The molecule has 10 heteroatoms. The first-order valence-corrected chi connectivity index (χ1v) is 12.3. The number of halogens is 2. The molecule has 0 unspecified atom stereocenters. The van der Waals surface area contributed by atoms with E-state index in [0.717, 1.165) is 5.56 Å².